The van der Waals surface area contributed by atoms with Crippen LogP contribution in [-0.4, -0.2) is 14.2 Å². The smallest absolute Gasteiger partial charge is 0.142 e. The van der Waals surface area contributed by atoms with Gasteiger partial charge in [0.1, 0.15) is 17.3 Å². The highest BCUT2D eigenvalue weighted by molar-refractivity contribution is 5.58. The number of anilines is 1. The van der Waals surface area contributed by atoms with Gasteiger partial charge in [-0.1, -0.05) is 12.1 Å². The van der Waals surface area contributed by atoms with Gasteiger partial charge >= 0.3 is 0 Å². The largest absolute Gasteiger partial charge is 0.495 e. The molecule has 0 bridgehead atoms. The molecule has 0 aliphatic rings. The van der Waals surface area contributed by atoms with Gasteiger partial charge in [-0.05, 0) is 25.1 Å². The zero-order valence-electron chi connectivity index (χ0n) is 11.6. The summed E-state index contributed by atoms with van der Waals surface area (Å²) in [7, 11) is 3.72. The number of methoxy groups -OCH3 is 1. The summed E-state index contributed by atoms with van der Waals surface area (Å²) in [4.78, 5) is 2.14. The second kappa shape index (κ2) is 5.80. The van der Waals surface area contributed by atoms with Crippen molar-refractivity contribution >= 4 is 5.69 Å². The van der Waals surface area contributed by atoms with Gasteiger partial charge in [0.25, 0.3) is 0 Å². The molecule has 1 heterocycles. The lowest BCUT2D eigenvalue weighted by atomic mass is 10.2. The van der Waals surface area contributed by atoms with Crippen molar-refractivity contribution in [3.8, 4) is 5.75 Å². The molecule has 2 aromatic rings. The third-order valence-corrected chi connectivity index (χ3v) is 3.18. The van der Waals surface area contributed by atoms with E-state index in [0.29, 0.717) is 6.54 Å². The van der Waals surface area contributed by atoms with Gasteiger partial charge in [0.05, 0.1) is 19.3 Å². The van der Waals surface area contributed by atoms with E-state index in [1.165, 1.54) is 0 Å². The molecule has 102 valence electrons. The lowest BCUT2D eigenvalue weighted by molar-refractivity contribution is 0.414. The van der Waals surface area contributed by atoms with Crippen LogP contribution >= 0.6 is 0 Å². The molecule has 0 unspecified atom stereocenters. The van der Waals surface area contributed by atoms with Crippen molar-refractivity contribution < 1.29 is 9.15 Å². The van der Waals surface area contributed by atoms with Gasteiger partial charge in [-0.25, -0.2) is 0 Å². The quantitative estimate of drug-likeness (QED) is 0.898. The Morgan fingerprint density at radius 1 is 1.32 bits per heavy atom. The van der Waals surface area contributed by atoms with Gasteiger partial charge in [-0.3, -0.25) is 0 Å². The number of aryl methyl sites for hydroxylation is 1. The molecule has 0 fully saturated rings. The SMILES string of the molecule is COc1ccccc1N(C)Cc1cc(CN)oc1C. The van der Waals surface area contributed by atoms with Crippen LogP contribution in [0.25, 0.3) is 0 Å². The Morgan fingerprint density at radius 2 is 2.05 bits per heavy atom. The van der Waals surface area contributed by atoms with E-state index < -0.39 is 0 Å². The first-order valence-corrected chi connectivity index (χ1v) is 6.28. The van der Waals surface area contributed by atoms with Crippen molar-refractivity contribution in [2.24, 2.45) is 5.73 Å². The molecule has 2 N–H and O–H groups in total. The summed E-state index contributed by atoms with van der Waals surface area (Å²) in [6, 6.07) is 9.98. The Kier molecular flexibility index (Phi) is 4.12. The molecular weight excluding hydrogens is 240 g/mol. The third-order valence-electron chi connectivity index (χ3n) is 3.18. The van der Waals surface area contributed by atoms with Crippen LogP contribution in [0.3, 0.4) is 0 Å². The molecule has 0 saturated carbocycles. The number of hydrogen-bond acceptors (Lipinski definition) is 4. The maximum Gasteiger partial charge on any atom is 0.142 e. The normalized spacial score (nSPS) is 10.5. The summed E-state index contributed by atoms with van der Waals surface area (Å²) >= 11 is 0. The molecule has 0 atom stereocenters. The average Bonchev–Trinajstić information content (AvgIpc) is 2.79. The summed E-state index contributed by atoms with van der Waals surface area (Å²) in [5.74, 6) is 2.60. The zero-order chi connectivity index (χ0) is 13.8. The van der Waals surface area contributed by atoms with E-state index in [1.54, 1.807) is 7.11 Å². The van der Waals surface area contributed by atoms with Crippen LogP contribution in [0, 0.1) is 6.92 Å². The molecule has 0 radical (unpaired) electrons. The molecule has 0 aliphatic carbocycles. The summed E-state index contributed by atoms with van der Waals surface area (Å²) in [5.41, 5.74) is 7.79. The van der Waals surface area contributed by atoms with Crippen molar-refractivity contribution in [3.63, 3.8) is 0 Å². The van der Waals surface area contributed by atoms with E-state index in [4.69, 9.17) is 14.9 Å². The molecule has 1 aromatic heterocycles. The maximum absolute atomic E-state index is 5.59. The number of nitrogens with zero attached hydrogens (tertiary/aromatic N) is 1. The monoisotopic (exact) mass is 260 g/mol. The number of benzene rings is 1. The van der Waals surface area contributed by atoms with Crippen molar-refractivity contribution in [3.05, 3.63) is 47.4 Å². The van der Waals surface area contributed by atoms with E-state index >= 15 is 0 Å². The van der Waals surface area contributed by atoms with E-state index in [0.717, 1.165) is 35.1 Å². The Morgan fingerprint density at radius 3 is 2.68 bits per heavy atom. The van der Waals surface area contributed by atoms with Gasteiger partial charge in [0.2, 0.25) is 0 Å². The van der Waals surface area contributed by atoms with E-state index in [9.17, 15) is 0 Å². The minimum Gasteiger partial charge on any atom is -0.495 e. The van der Waals surface area contributed by atoms with Gasteiger partial charge in [-0.2, -0.15) is 0 Å². The number of hydrogen-bond donors (Lipinski definition) is 1. The third kappa shape index (κ3) is 2.90. The minimum absolute atomic E-state index is 0.430. The van der Waals surface area contributed by atoms with Crippen molar-refractivity contribution in [2.75, 3.05) is 19.1 Å². The second-order valence-corrected chi connectivity index (χ2v) is 4.53. The van der Waals surface area contributed by atoms with Crippen LogP contribution in [0.2, 0.25) is 0 Å². The summed E-state index contributed by atoms with van der Waals surface area (Å²) in [6.45, 7) is 3.15. The molecule has 0 saturated heterocycles. The Balaban J connectivity index is 2.20. The standard InChI is InChI=1S/C15H20N2O2/c1-11-12(8-13(9-16)19-11)10-17(2)14-6-4-5-7-15(14)18-3/h4-8H,9-10,16H2,1-3H3. The van der Waals surface area contributed by atoms with E-state index in [2.05, 4.69) is 4.90 Å². The van der Waals surface area contributed by atoms with Crippen LogP contribution in [0.4, 0.5) is 5.69 Å². The van der Waals surface area contributed by atoms with E-state index in [-0.39, 0.29) is 0 Å². The number of nitrogens with two attached hydrogens (primary N) is 1. The summed E-state index contributed by atoms with van der Waals surface area (Å²) in [5, 5.41) is 0. The summed E-state index contributed by atoms with van der Waals surface area (Å²) < 4.78 is 10.9. The minimum atomic E-state index is 0.430. The number of rotatable bonds is 5. The van der Waals surface area contributed by atoms with Crippen LogP contribution in [0.5, 0.6) is 5.75 Å². The highest BCUT2D eigenvalue weighted by atomic mass is 16.5. The van der Waals surface area contributed by atoms with Crippen LogP contribution in [-0.2, 0) is 13.1 Å². The molecule has 0 spiro atoms. The highest BCUT2D eigenvalue weighted by Crippen LogP contribution is 2.28. The maximum atomic E-state index is 5.59. The first-order chi connectivity index (χ1) is 9.15. The predicted molar refractivity (Wildman–Crippen MR) is 76.4 cm³/mol. The van der Waals surface area contributed by atoms with Gasteiger partial charge in [-0.15, -0.1) is 0 Å². The van der Waals surface area contributed by atoms with Crippen molar-refractivity contribution in [1.29, 1.82) is 0 Å². The summed E-state index contributed by atoms with van der Waals surface area (Å²) in [6.07, 6.45) is 0. The molecule has 0 amide bonds. The van der Waals surface area contributed by atoms with Crippen LogP contribution < -0.4 is 15.4 Å². The molecular formula is C15H20N2O2. The zero-order valence-corrected chi connectivity index (χ0v) is 11.6. The molecule has 1 aromatic carbocycles. The molecule has 2 rings (SSSR count). The highest BCUT2D eigenvalue weighted by Gasteiger charge is 2.12. The number of para-hydroxylation sites is 2. The Hall–Kier alpha value is -1.94. The van der Waals surface area contributed by atoms with Gasteiger partial charge < -0.3 is 19.8 Å². The fourth-order valence-corrected chi connectivity index (χ4v) is 2.13. The lowest BCUT2D eigenvalue weighted by Gasteiger charge is -2.21. The first-order valence-electron chi connectivity index (χ1n) is 6.28. The number of ether oxygens (including phenoxy) is 1. The van der Waals surface area contributed by atoms with Crippen LogP contribution in [0.1, 0.15) is 17.1 Å². The molecule has 4 nitrogen and oxygen atoms in total. The van der Waals surface area contributed by atoms with Gasteiger partial charge in [0, 0.05) is 19.2 Å². The molecule has 4 heteroatoms. The van der Waals surface area contributed by atoms with E-state index in [1.807, 2.05) is 44.3 Å². The van der Waals surface area contributed by atoms with Crippen molar-refractivity contribution in [1.82, 2.24) is 0 Å². The van der Waals surface area contributed by atoms with Crippen molar-refractivity contribution in [2.45, 2.75) is 20.0 Å². The Labute approximate surface area is 113 Å². The Bertz CT molecular complexity index is 549. The molecule has 19 heavy (non-hydrogen) atoms. The van der Waals surface area contributed by atoms with Crippen LogP contribution in [0.15, 0.2) is 34.7 Å². The second-order valence-electron chi connectivity index (χ2n) is 4.53. The number of furan rings is 1. The fourth-order valence-electron chi connectivity index (χ4n) is 2.13. The molecule has 0 aliphatic heterocycles. The topological polar surface area (TPSA) is 51.6 Å². The fraction of sp³-hybridized carbons (Fsp3) is 0.333. The first kappa shape index (κ1) is 13.5. The lowest BCUT2D eigenvalue weighted by Crippen LogP contribution is -2.17. The average molecular weight is 260 g/mol. The van der Waals surface area contributed by atoms with Gasteiger partial charge in [0.15, 0.2) is 0 Å². The predicted octanol–water partition coefficient (Wildman–Crippen LogP) is 2.69.